The monoisotopic (exact) mass is 404 g/mol. The Kier molecular flexibility index (Phi) is 6.62. The average molecular weight is 405 g/mol. The minimum atomic E-state index is -0.353. The third-order valence-corrected chi connectivity index (χ3v) is 5.36. The number of rotatable bonds is 6. The van der Waals surface area contributed by atoms with Gasteiger partial charge in [0.15, 0.2) is 0 Å². The van der Waals surface area contributed by atoms with Gasteiger partial charge in [-0.25, -0.2) is 0 Å². The molecule has 0 bridgehead atoms. The number of amides is 2. The first-order chi connectivity index (χ1) is 14.0. The van der Waals surface area contributed by atoms with Crippen LogP contribution in [-0.2, 0) is 4.79 Å². The maximum Gasteiger partial charge on any atom is 0.272 e. The highest BCUT2D eigenvalue weighted by molar-refractivity contribution is 7.10. The molecule has 1 aromatic heterocycles. The first-order valence-corrected chi connectivity index (χ1v) is 10.4. The fourth-order valence-electron chi connectivity index (χ4n) is 3.00. The van der Waals surface area contributed by atoms with Gasteiger partial charge in [0.1, 0.15) is 5.70 Å². The van der Waals surface area contributed by atoms with Crippen molar-refractivity contribution in [3.05, 3.63) is 93.3 Å². The van der Waals surface area contributed by atoms with Crippen molar-refractivity contribution in [2.24, 2.45) is 0 Å². The first kappa shape index (κ1) is 20.6. The van der Waals surface area contributed by atoms with Gasteiger partial charge in [0.25, 0.3) is 11.8 Å². The van der Waals surface area contributed by atoms with Gasteiger partial charge >= 0.3 is 0 Å². The minimum absolute atomic E-state index is 0.208. The largest absolute Gasteiger partial charge is 0.320 e. The Bertz CT molecular complexity index is 1040. The van der Waals surface area contributed by atoms with Crippen LogP contribution in [0.5, 0.6) is 0 Å². The van der Waals surface area contributed by atoms with Gasteiger partial charge in [-0.3, -0.25) is 9.59 Å². The van der Waals surface area contributed by atoms with E-state index in [1.165, 1.54) is 11.3 Å². The van der Waals surface area contributed by atoms with Crippen LogP contribution in [0.4, 0.5) is 5.69 Å². The van der Waals surface area contributed by atoms with Crippen LogP contribution in [0.15, 0.2) is 71.7 Å². The fraction of sp³-hybridized carbons (Fsp3) is 0.167. The molecule has 0 aliphatic heterocycles. The Morgan fingerprint density at radius 1 is 0.966 bits per heavy atom. The van der Waals surface area contributed by atoms with Crippen LogP contribution >= 0.6 is 11.3 Å². The molecule has 3 rings (SSSR count). The topological polar surface area (TPSA) is 58.2 Å². The van der Waals surface area contributed by atoms with Gasteiger partial charge in [-0.05, 0) is 53.6 Å². The van der Waals surface area contributed by atoms with Crippen molar-refractivity contribution in [3.63, 3.8) is 0 Å². The molecule has 0 saturated carbocycles. The van der Waals surface area contributed by atoms with Crippen molar-refractivity contribution in [1.29, 1.82) is 0 Å². The van der Waals surface area contributed by atoms with Gasteiger partial charge in [0.05, 0.1) is 0 Å². The summed E-state index contributed by atoms with van der Waals surface area (Å²) in [6.45, 7) is 6.03. The third kappa shape index (κ3) is 5.21. The second-order valence-electron chi connectivity index (χ2n) is 7.04. The van der Waals surface area contributed by atoms with E-state index in [0.717, 1.165) is 21.7 Å². The lowest BCUT2D eigenvalue weighted by Crippen LogP contribution is -2.31. The molecule has 0 aliphatic carbocycles. The Morgan fingerprint density at radius 3 is 2.38 bits per heavy atom. The van der Waals surface area contributed by atoms with Crippen molar-refractivity contribution in [3.8, 4) is 0 Å². The van der Waals surface area contributed by atoms with E-state index in [4.69, 9.17) is 0 Å². The van der Waals surface area contributed by atoms with E-state index in [2.05, 4.69) is 24.5 Å². The van der Waals surface area contributed by atoms with Gasteiger partial charge in [0.2, 0.25) is 0 Å². The molecule has 0 fully saturated rings. The number of benzene rings is 2. The molecule has 148 valence electrons. The Morgan fingerprint density at radius 2 is 1.69 bits per heavy atom. The lowest BCUT2D eigenvalue weighted by molar-refractivity contribution is -0.113. The Hall–Kier alpha value is -3.18. The first-order valence-electron chi connectivity index (χ1n) is 9.48. The molecular weight excluding hydrogens is 380 g/mol. The number of thiophene rings is 1. The third-order valence-electron chi connectivity index (χ3n) is 4.54. The van der Waals surface area contributed by atoms with Gasteiger partial charge < -0.3 is 10.6 Å². The SMILES string of the molecule is Cc1ccccc1C(=O)N/C(=C\c1cccs1)C(=O)Nc1ccccc1C(C)C. The normalized spacial score (nSPS) is 11.4. The molecule has 2 aromatic carbocycles. The summed E-state index contributed by atoms with van der Waals surface area (Å²) in [6.07, 6.45) is 1.70. The number of para-hydroxylation sites is 1. The summed E-state index contributed by atoms with van der Waals surface area (Å²) in [5, 5.41) is 7.69. The number of hydrogen-bond donors (Lipinski definition) is 2. The summed E-state index contributed by atoms with van der Waals surface area (Å²) in [6, 6.07) is 18.8. The molecule has 0 radical (unpaired) electrons. The van der Waals surface area contributed by atoms with Crippen LogP contribution in [0.25, 0.3) is 6.08 Å². The second kappa shape index (κ2) is 9.34. The summed E-state index contributed by atoms with van der Waals surface area (Å²) in [7, 11) is 0. The molecule has 0 atom stereocenters. The Balaban J connectivity index is 1.89. The maximum atomic E-state index is 13.1. The predicted octanol–water partition coefficient (Wildman–Crippen LogP) is 5.59. The van der Waals surface area contributed by atoms with E-state index >= 15 is 0 Å². The molecule has 2 amide bonds. The van der Waals surface area contributed by atoms with E-state index in [-0.39, 0.29) is 23.4 Å². The highest BCUT2D eigenvalue weighted by Gasteiger charge is 2.17. The van der Waals surface area contributed by atoms with Crippen molar-refractivity contribution in [2.45, 2.75) is 26.7 Å². The maximum absolute atomic E-state index is 13.1. The van der Waals surface area contributed by atoms with E-state index < -0.39 is 0 Å². The zero-order valence-corrected chi connectivity index (χ0v) is 17.5. The van der Waals surface area contributed by atoms with Gasteiger partial charge in [-0.15, -0.1) is 11.3 Å². The minimum Gasteiger partial charge on any atom is -0.320 e. The van der Waals surface area contributed by atoms with E-state index in [0.29, 0.717) is 5.56 Å². The van der Waals surface area contributed by atoms with Gasteiger partial charge in [-0.1, -0.05) is 56.3 Å². The zero-order valence-electron chi connectivity index (χ0n) is 16.7. The zero-order chi connectivity index (χ0) is 20.8. The number of aryl methyl sites for hydroxylation is 1. The molecule has 2 N–H and O–H groups in total. The van der Waals surface area contributed by atoms with E-state index in [9.17, 15) is 9.59 Å². The molecule has 0 unspecified atom stereocenters. The number of nitrogens with one attached hydrogen (secondary N) is 2. The van der Waals surface area contributed by atoms with Crippen LogP contribution in [0.1, 0.15) is 46.1 Å². The average Bonchev–Trinajstić information content (AvgIpc) is 3.21. The summed E-state index contributed by atoms with van der Waals surface area (Å²) in [4.78, 5) is 26.8. The molecule has 3 aromatic rings. The molecule has 0 saturated heterocycles. The van der Waals surface area contributed by atoms with Crippen molar-refractivity contribution >= 4 is 34.9 Å². The summed E-state index contributed by atoms with van der Waals surface area (Å²) >= 11 is 1.50. The fourth-order valence-corrected chi connectivity index (χ4v) is 3.65. The lowest BCUT2D eigenvalue weighted by Gasteiger charge is -2.16. The molecule has 29 heavy (non-hydrogen) atoms. The molecule has 1 heterocycles. The van der Waals surface area contributed by atoms with Crippen molar-refractivity contribution in [2.75, 3.05) is 5.32 Å². The molecular formula is C24H24N2O2S. The highest BCUT2D eigenvalue weighted by Crippen LogP contribution is 2.24. The summed E-state index contributed by atoms with van der Waals surface area (Å²) in [5.41, 5.74) is 3.39. The van der Waals surface area contributed by atoms with Crippen LogP contribution in [0.2, 0.25) is 0 Å². The van der Waals surface area contributed by atoms with E-state index in [1.807, 2.05) is 66.9 Å². The van der Waals surface area contributed by atoms with Gasteiger partial charge in [0, 0.05) is 16.1 Å². The predicted molar refractivity (Wildman–Crippen MR) is 120 cm³/mol. The van der Waals surface area contributed by atoms with Crippen LogP contribution < -0.4 is 10.6 Å². The molecule has 4 nitrogen and oxygen atoms in total. The number of hydrogen-bond acceptors (Lipinski definition) is 3. The molecule has 0 aliphatic rings. The number of anilines is 1. The molecule has 5 heteroatoms. The lowest BCUT2D eigenvalue weighted by atomic mass is 10.0. The summed E-state index contributed by atoms with van der Waals surface area (Å²) < 4.78 is 0. The number of carbonyl (C=O) groups excluding carboxylic acids is 2. The van der Waals surface area contributed by atoms with Crippen LogP contribution in [0, 0.1) is 6.92 Å². The van der Waals surface area contributed by atoms with E-state index in [1.54, 1.807) is 12.1 Å². The Labute approximate surface area is 175 Å². The van der Waals surface area contributed by atoms with Crippen molar-refractivity contribution in [1.82, 2.24) is 5.32 Å². The second-order valence-corrected chi connectivity index (χ2v) is 8.02. The summed E-state index contributed by atoms with van der Waals surface area (Å²) in [5.74, 6) is -0.399. The van der Waals surface area contributed by atoms with Crippen molar-refractivity contribution < 1.29 is 9.59 Å². The standard InChI is InChI=1S/C24H24N2O2S/c1-16(2)19-11-6-7-13-21(19)25-24(28)22(15-18-10-8-14-29-18)26-23(27)20-12-5-4-9-17(20)3/h4-16H,1-3H3,(H,25,28)(H,26,27)/b22-15-. The van der Waals surface area contributed by atoms with Crippen LogP contribution in [0.3, 0.4) is 0 Å². The smallest absolute Gasteiger partial charge is 0.272 e. The molecule has 0 spiro atoms. The quantitative estimate of drug-likeness (QED) is 0.526. The highest BCUT2D eigenvalue weighted by atomic mass is 32.1. The van der Waals surface area contributed by atoms with Gasteiger partial charge in [-0.2, -0.15) is 0 Å². The van der Waals surface area contributed by atoms with Crippen LogP contribution in [-0.4, -0.2) is 11.8 Å². The number of carbonyl (C=O) groups is 2.